The lowest BCUT2D eigenvalue weighted by molar-refractivity contribution is 0.479. The minimum absolute atomic E-state index is 0.514. The molecule has 0 radical (unpaired) electrons. The third-order valence-corrected chi connectivity index (χ3v) is 2.92. The molecule has 1 fully saturated rings. The van der Waals surface area contributed by atoms with Crippen LogP contribution in [0.2, 0.25) is 5.15 Å². The number of aryl methyl sites for hydroxylation is 1. The van der Waals surface area contributed by atoms with Crippen LogP contribution in [0.5, 0.6) is 0 Å². The number of anilines is 1. The molecule has 1 aliphatic heterocycles. The molecule has 82 valence electrons. The average Bonchev–Trinajstić information content (AvgIpc) is 2.24. The van der Waals surface area contributed by atoms with Crippen LogP contribution < -0.4 is 10.6 Å². The average molecular weight is 226 g/mol. The largest absolute Gasteiger partial charge is 0.380 e. The molecule has 0 bridgehead atoms. The van der Waals surface area contributed by atoms with Gasteiger partial charge >= 0.3 is 0 Å². The van der Waals surface area contributed by atoms with Crippen LogP contribution in [0.15, 0.2) is 12.1 Å². The van der Waals surface area contributed by atoms with Gasteiger partial charge in [0.2, 0.25) is 0 Å². The summed E-state index contributed by atoms with van der Waals surface area (Å²) in [5.74, 6) is 0. The van der Waals surface area contributed by atoms with Crippen LogP contribution in [-0.4, -0.2) is 24.1 Å². The molecule has 2 heterocycles. The zero-order valence-corrected chi connectivity index (χ0v) is 9.64. The summed E-state index contributed by atoms with van der Waals surface area (Å²) in [4.78, 5) is 4.22. The number of pyridine rings is 1. The lowest BCUT2D eigenvalue weighted by Crippen LogP contribution is -2.38. The van der Waals surface area contributed by atoms with Crippen molar-refractivity contribution in [3.8, 4) is 0 Å². The minimum atomic E-state index is 0.514. The Bertz CT molecular complexity index is 335. The lowest BCUT2D eigenvalue weighted by Gasteiger charge is -2.25. The number of nitrogens with zero attached hydrogens (tertiary/aromatic N) is 1. The van der Waals surface area contributed by atoms with Crippen molar-refractivity contribution in [3.05, 3.63) is 23.0 Å². The molecule has 15 heavy (non-hydrogen) atoms. The lowest BCUT2D eigenvalue weighted by atomic mass is 10.1. The summed E-state index contributed by atoms with van der Waals surface area (Å²) in [5.41, 5.74) is 2.06. The quantitative estimate of drug-likeness (QED) is 0.758. The van der Waals surface area contributed by atoms with E-state index in [4.69, 9.17) is 11.6 Å². The van der Waals surface area contributed by atoms with Gasteiger partial charge in [0.15, 0.2) is 0 Å². The summed E-state index contributed by atoms with van der Waals surface area (Å²) in [6, 6.07) is 4.34. The highest BCUT2D eigenvalue weighted by Gasteiger charge is 2.13. The maximum atomic E-state index is 5.81. The van der Waals surface area contributed by atoms with Crippen LogP contribution >= 0.6 is 11.6 Å². The molecule has 4 heteroatoms. The van der Waals surface area contributed by atoms with Gasteiger partial charge in [0.05, 0.1) is 11.4 Å². The van der Waals surface area contributed by atoms with E-state index in [0.717, 1.165) is 24.5 Å². The second-order valence-corrected chi connectivity index (χ2v) is 4.34. The molecular formula is C11H16ClN3. The summed E-state index contributed by atoms with van der Waals surface area (Å²) < 4.78 is 0. The molecule has 1 saturated heterocycles. The molecule has 2 N–H and O–H groups in total. The summed E-state index contributed by atoms with van der Waals surface area (Å²) in [7, 11) is 0. The first-order chi connectivity index (χ1) is 7.25. The molecule has 1 atom stereocenters. The predicted molar refractivity (Wildman–Crippen MR) is 63.5 cm³/mol. The molecule has 0 spiro atoms. The van der Waals surface area contributed by atoms with E-state index in [9.17, 15) is 0 Å². The Balaban J connectivity index is 2.03. The fraction of sp³-hybridized carbons (Fsp3) is 0.545. The summed E-state index contributed by atoms with van der Waals surface area (Å²) in [6.45, 7) is 4.14. The maximum absolute atomic E-state index is 5.81. The molecule has 2 rings (SSSR count). The molecule has 0 aliphatic carbocycles. The van der Waals surface area contributed by atoms with E-state index in [0.29, 0.717) is 11.2 Å². The third kappa shape index (κ3) is 2.83. The van der Waals surface area contributed by atoms with Crippen LogP contribution in [0, 0.1) is 6.92 Å². The predicted octanol–water partition coefficient (Wildman–Crippen LogP) is 2.21. The molecule has 1 unspecified atom stereocenters. The molecule has 1 aliphatic rings. The van der Waals surface area contributed by atoms with Crippen LogP contribution in [-0.2, 0) is 0 Å². The first-order valence-electron chi connectivity index (χ1n) is 5.36. The number of aromatic nitrogens is 1. The number of hydrogen-bond acceptors (Lipinski definition) is 3. The van der Waals surface area contributed by atoms with E-state index in [2.05, 4.69) is 15.6 Å². The molecule has 1 aromatic heterocycles. The van der Waals surface area contributed by atoms with Crippen molar-refractivity contribution in [2.75, 3.05) is 18.4 Å². The van der Waals surface area contributed by atoms with Gasteiger partial charge in [-0.2, -0.15) is 0 Å². The van der Waals surface area contributed by atoms with Gasteiger partial charge in [-0.05, 0) is 38.4 Å². The highest BCUT2D eigenvalue weighted by atomic mass is 35.5. The van der Waals surface area contributed by atoms with Crippen LogP contribution in [0.3, 0.4) is 0 Å². The van der Waals surface area contributed by atoms with E-state index in [1.54, 1.807) is 0 Å². The first-order valence-corrected chi connectivity index (χ1v) is 5.74. The van der Waals surface area contributed by atoms with E-state index in [-0.39, 0.29) is 0 Å². The normalized spacial score (nSPS) is 21.3. The Morgan fingerprint density at radius 1 is 1.53 bits per heavy atom. The van der Waals surface area contributed by atoms with Gasteiger partial charge in [0.1, 0.15) is 5.15 Å². The number of rotatable bonds is 2. The Labute approximate surface area is 95.2 Å². The van der Waals surface area contributed by atoms with Gasteiger partial charge < -0.3 is 10.6 Å². The number of piperidine rings is 1. The first kappa shape index (κ1) is 10.7. The highest BCUT2D eigenvalue weighted by Crippen LogP contribution is 2.18. The van der Waals surface area contributed by atoms with Crippen molar-refractivity contribution in [3.63, 3.8) is 0 Å². The van der Waals surface area contributed by atoms with Gasteiger partial charge in [-0.15, -0.1) is 0 Å². The topological polar surface area (TPSA) is 37.0 Å². The highest BCUT2D eigenvalue weighted by molar-refractivity contribution is 6.29. The zero-order valence-electron chi connectivity index (χ0n) is 8.89. The Morgan fingerprint density at radius 2 is 2.40 bits per heavy atom. The van der Waals surface area contributed by atoms with Crippen molar-refractivity contribution in [1.29, 1.82) is 0 Å². The Hall–Kier alpha value is -0.800. The molecule has 3 nitrogen and oxygen atoms in total. The summed E-state index contributed by atoms with van der Waals surface area (Å²) >= 11 is 5.81. The number of halogens is 1. The van der Waals surface area contributed by atoms with Crippen molar-refractivity contribution >= 4 is 17.3 Å². The zero-order chi connectivity index (χ0) is 10.7. The van der Waals surface area contributed by atoms with E-state index >= 15 is 0 Å². The molecule has 0 saturated carbocycles. The fourth-order valence-electron chi connectivity index (χ4n) is 1.88. The van der Waals surface area contributed by atoms with Gasteiger partial charge in [-0.3, -0.25) is 0 Å². The maximum Gasteiger partial charge on any atom is 0.129 e. The van der Waals surface area contributed by atoms with Gasteiger partial charge in [0, 0.05) is 12.6 Å². The van der Waals surface area contributed by atoms with Gasteiger partial charge in [0.25, 0.3) is 0 Å². The third-order valence-electron chi connectivity index (χ3n) is 2.71. The Kier molecular flexibility index (Phi) is 3.44. The van der Waals surface area contributed by atoms with E-state index in [1.807, 2.05) is 19.1 Å². The summed E-state index contributed by atoms with van der Waals surface area (Å²) in [5, 5.41) is 7.43. The second kappa shape index (κ2) is 4.81. The second-order valence-electron chi connectivity index (χ2n) is 3.95. The van der Waals surface area contributed by atoms with Crippen LogP contribution in [0.25, 0.3) is 0 Å². The van der Waals surface area contributed by atoms with Crippen molar-refractivity contribution in [2.45, 2.75) is 25.8 Å². The smallest absolute Gasteiger partial charge is 0.129 e. The van der Waals surface area contributed by atoms with Crippen molar-refractivity contribution < 1.29 is 0 Å². The fourth-order valence-corrected chi connectivity index (χ4v) is 2.07. The number of hydrogen-bond donors (Lipinski definition) is 2. The van der Waals surface area contributed by atoms with Crippen LogP contribution in [0.1, 0.15) is 18.5 Å². The molecule has 0 amide bonds. The van der Waals surface area contributed by atoms with E-state index in [1.165, 1.54) is 12.8 Å². The monoisotopic (exact) mass is 225 g/mol. The standard InChI is InChI=1S/C11H16ClN3/c1-8-10(4-5-11(12)14-8)15-9-3-2-6-13-7-9/h4-5,9,13,15H,2-3,6-7H2,1H3. The minimum Gasteiger partial charge on any atom is -0.380 e. The summed E-state index contributed by atoms with van der Waals surface area (Å²) in [6.07, 6.45) is 2.45. The van der Waals surface area contributed by atoms with Crippen molar-refractivity contribution in [2.24, 2.45) is 0 Å². The van der Waals surface area contributed by atoms with Gasteiger partial charge in [-0.1, -0.05) is 11.6 Å². The SMILES string of the molecule is Cc1nc(Cl)ccc1NC1CCCNC1. The van der Waals surface area contributed by atoms with E-state index < -0.39 is 0 Å². The van der Waals surface area contributed by atoms with Crippen LogP contribution in [0.4, 0.5) is 5.69 Å². The van der Waals surface area contributed by atoms with Crippen molar-refractivity contribution in [1.82, 2.24) is 10.3 Å². The molecule has 0 aromatic carbocycles. The molecular weight excluding hydrogens is 210 g/mol. The number of nitrogens with one attached hydrogen (secondary N) is 2. The molecule has 1 aromatic rings. The Morgan fingerprint density at radius 3 is 3.07 bits per heavy atom. The van der Waals surface area contributed by atoms with Gasteiger partial charge in [-0.25, -0.2) is 4.98 Å².